The molecule has 0 unspecified atom stereocenters. The number of halogens is 1. The molecular weight excluding hydrogens is 166 g/mol. The number of phenolic OH excluding ortho intramolecular Hbond substituents is 1. The van der Waals surface area contributed by atoms with Crippen LogP contribution in [0, 0.1) is 0 Å². The van der Waals surface area contributed by atoms with Crippen molar-refractivity contribution in [1.82, 2.24) is 0 Å². The van der Waals surface area contributed by atoms with Crippen molar-refractivity contribution in [2.75, 3.05) is 0 Å². The Kier molecular flexibility index (Phi) is 5.65. The Balaban J connectivity index is 0.000000292. The Bertz CT molecular complexity index is 169. The van der Waals surface area contributed by atoms with E-state index < -0.39 is 0 Å². The number of hydrogen-bond acceptors (Lipinski definition) is 3. The average molecular weight is 173 g/mol. The van der Waals surface area contributed by atoms with E-state index in [0.29, 0.717) is 5.02 Å². The highest BCUT2D eigenvalue weighted by molar-refractivity contribution is 6.30. The van der Waals surface area contributed by atoms with Crippen molar-refractivity contribution < 1.29 is 15.2 Å². The molecule has 0 aliphatic carbocycles. The van der Waals surface area contributed by atoms with Gasteiger partial charge >= 0.3 is 7.69 Å². The average Bonchev–Trinajstić information content (AvgIpc) is 1.97. The predicted octanol–water partition coefficient (Wildman–Crippen LogP) is 0.551. The minimum absolute atomic E-state index is 0. The van der Waals surface area contributed by atoms with Crippen molar-refractivity contribution in [3.63, 3.8) is 0 Å². The topological polar surface area (TPSA) is 60.7 Å². The first-order valence-electron chi connectivity index (χ1n) is 2.75. The molecule has 0 amide bonds. The summed E-state index contributed by atoms with van der Waals surface area (Å²) in [5.74, 6) is 0.245. The van der Waals surface area contributed by atoms with Gasteiger partial charge in [0.05, 0.1) is 0 Å². The summed E-state index contributed by atoms with van der Waals surface area (Å²) in [6.07, 6.45) is 0. The molecule has 5 heteroatoms. The fourth-order valence-electron chi connectivity index (χ4n) is 0.441. The SMILES string of the molecule is O[B]O.Oc1ccc(Cl)cc1. The number of hydrogen-bond donors (Lipinski definition) is 3. The number of phenols is 1. The van der Waals surface area contributed by atoms with Crippen LogP contribution in [0.5, 0.6) is 5.75 Å². The molecule has 0 spiro atoms. The van der Waals surface area contributed by atoms with E-state index in [4.69, 9.17) is 26.8 Å². The van der Waals surface area contributed by atoms with Gasteiger partial charge in [0.2, 0.25) is 0 Å². The summed E-state index contributed by atoms with van der Waals surface area (Å²) in [7, 11) is 0. The quantitative estimate of drug-likeness (QED) is 0.502. The molecule has 3 nitrogen and oxygen atoms in total. The minimum atomic E-state index is 0. The third kappa shape index (κ3) is 5.73. The van der Waals surface area contributed by atoms with Crippen molar-refractivity contribution in [2.45, 2.75) is 0 Å². The van der Waals surface area contributed by atoms with Crippen LogP contribution in [0.3, 0.4) is 0 Å². The van der Waals surface area contributed by atoms with Crippen molar-refractivity contribution >= 4 is 19.3 Å². The van der Waals surface area contributed by atoms with Crippen LogP contribution in [-0.4, -0.2) is 22.8 Å². The molecule has 3 N–H and O–H groups in total. The molecule has 1 aromatic rings. The van der Waals surface area contributed by atoms with E-state index in [0.717, 1.165) is 0 Å². The second-order valence-corrected chi connectivity index (χ2v) is 2.03. The normalized spacial score (nSPS) is 7.91. The highest BCUT2D eigenvalue weighted by Gasteiger charge is 1.84. The van der Waals surface area contributed by atoms with Crippen LogP contribution in [0.1, 0.15) is 0 Å². The van der Waals surface area contributed by atoms with E-state index in [9.17, 15) is 0 Å². The molecule has 0 atom stereocenters. The maximum absolute atomic E-state index is 8.70. The zero-order valence-electron chi connectivity index (χ0n) is 5.61. The summed E-state index contributed by atoms with van der Waals surface area (Å²) in [6.45, 7) is 0. The molecule has 0 heterocycles. The molecule has 0 bridgehead atoms. The second-order valence-electron chi connectivity index (χ2n) is 1.59. The minimum Gasteiger partial charge on any atom is -0.508 e. The van der Waals surface area contributed by atoms with Crippen molar-refractivity contribution in [1.29, 1.82) is 0 Å². The lowest BCUT2D eigenvalue weighted by atomic mass is 10.3. The molecule has 11 heavy (non-hydrogen) atoms. The van der Waals surface area contributed by atoms with Gasteiger partial charge in [0.15, 0.2) is 0 Å². The van der Waals surface area contributed by atoms with Gasteiger partial charge in [-0.3, -0.25) is 0 Å². The third-order valence-electron chi connectivity index (χ3n) is 0.827. The molecule has 0 aromatic heterocycles. The van der Waals surface area contributed by atoms with E-state index in [1.165, 1.54) is 0 Å². The maximum Gasteiger partial charge on any atom is 0.482 e. The first kappa shape index (κ1) is 10.3. The van der Waals surface area contributed by atoms with Gasteiger partial charge < -0.3 is 15.2 Å². The zero-order chi connectivity index (χ0) is 8.69. The molecule has 0 fully saturated rings. The second kappa shape index (κ2) is 6.03. The van der Waals surface area contributed by atoms with Crippen LogP contribution in [0.2, 0.25) is 5.02 Å². The zero-order valence-corrected chi connectivity index (χ0v) is 6.36. The van der Waals surface area contributed by atoms with E-state index >= 15 is 0 Å². The van der Waals surface area contributed by atoms with Crippen LogP contribution in [0.15, 0.2) is 24.3 Å². The summed E-state index contributed by atoms with van der Waals surface area (Å²) in [4.78, 5) is 0. The smallest absolute Gasteiger partial charge is 0.482 e. The Labute approximate surface area is 70.2 Å². The molecule has 1 radical (unpaired) electrons. The van der Waals surface area contributed by atoms with Gasteiger partial charge in [-0.1, -0.05) is 11.6 Å². The summed E-state index contributed by atoms with van der Waals surface area (Å²) < 4.78 is 0. The molecule has 1 rings (SSSR count). The molecule has 0 aliphatic rings. The highest BCUT2D eigenvalue weighted by atomic mass is 35.5. The van der Waals surface area contributed by atoms with E-state index in [-0.39, 0.29) is 13.4 Å². The standard InChI is InChI=1S/C6H5ClO.BH2O2/c7-5-1-3-6(8)4-2-5;2-1-3/h1-4,8H;2-3H. The molecule has 0 aliphatic heterocycles. The summed E-state index contributed by atoms with van der Waals surface area (Å²) in [5.41, 5.74) is 0. The molecule has 0 saturated heterocycles. The van der Waals surface area contributed by atoms with Gasteiger partial charge in [0.25, 0.3) is 0 Å². The Hall–Kier alpha value is -0.705. The van der Waals surface area contributed by atoms with E-state index in [2.05, 4.69) is 0 Å². The van der Waals surface area contributed by atoms with Crippen LogP contribution < -0.4 is 0 Å². The lowest BCUT2D eigenvalue weighted by Gasteiger charge is -1.87. The molecule has 59 valence electrons. The van der Waals surface area contributed by atoms with E-state index in [1.807, 2.05) is 0 Å². The number of aromatic hydroxyl groups is 1. The summed E-state index contributed by atoms with van der Waals surface area (Å²) in [6, 6.07) is 6.36. The van der Waals surface area contributed by atoms with Gasteiger partial charge in [0, 0.05) is 5.02 Å². The first-order valence-corrected chi connectivity index (χ1v) is 3.13. The molecule has 0 saturated carbocycles. The van der Waals surface area contributed by atoms with Crippen LogP contribution in [-0.2, 0) is 0 Å². The van der Waals surface area contributed by atoms with E-state index in [1.54, 1.807) is 24.3 Å². The molecular formula is C6H7BClO3. The predicted molar refractivity (Wildman–Crippen MR) is 43.3 cm³/mol. The largest absolute Gasteiger partial charge is 0.508 e. The van der Waals surface area contributed by atoms with Gasteiger partial charge in [-0.05, 0) is 24.3 Å². The Morgan fingerprint density at radius 2 is 1.45 bits per heavy atom. The van der Waals surface area contributed by atoms with Gasteiger partial charge in [0.1, 0.15) is 5.75 Å². The van der Waals surface area contributed by atoms with Gasteiger partial charge in [-0.2, -0.15) is 0 Å². The number of benzene rings is 1. The van der Waals surface area contributed by atoms with Gasteiger partial charge in [-0.25, -0.2) is 0 Å². The highest BCUT2D eigenvalue weighted by Crippen LogP contribution is 2.12. The van der Waals surface area contributed by atoms with Crippen LogP contribution >= 0.6 is 11.6 Å². The van der Waals surface area contributed by atoms with Crippen molar-refractivity contribution in [3.8, 4) is 5.75 Å². The first-order chi connectivity index (χ1) is 5.20. The van der Waals surface area contributed by atoms with Gasteiger partial charge in [-0.15, -0.1) is 0 Å². The number of rotatable bonds is 0. The Morgan fingerprint density at radius 3 is 1.73 bits per heavy atom. The lowest BCUT2D eigenvalue weighted by molar-refractivity contribution is 0.448. The van der Waals surface area contributed by atoms with Crippen molar-refractivity contribution in [3.05, 3.63) is 29.3 Å². The lowest BCUT2D eigenvalue weighted by Crippen LogP contribution is -1.75. The monoisotopic (exact) mass is 173 g/mol. The van der Waals surface area contributed by atoms with Crippen molar-refractivity contribution in [2.24, 2.45) is 0 Å². The maximum atomic E-state index is 8.70. The van der Waals surface area contributed by atoms with Crippen LogP contribution in [0.25, 0.3) is 0 Å². The molecule has 1 aromatic carbocycles. The fourth-order valence-corrected chi connectivity index (χ4v) is 0.567. The fraction of sp³-hybridized carbons (Fsp3) is 0. The van der Waals surface area contributed by atoms with Crippen LogP contribution in [0.4, 0.5) is 0 Å². The Morgan fingerprint density at radius 1 is 1.09 bits per heavy atom. The third-order valence-corrected chi connectivity index (χ3v) is 1.08. The summed E-state index contributed by atoms with van der Waals surface area (Å²) in [5, 5.41) is 23.3. The summed E-state index contributed by atoms with van der Waals surface area (Å²) >= 11 is 5.50.